The zero-order valence-electron chi connectivity index (χ0n) is 8.75. The van der Waals surface area contributed by atoms with Gasteiger partial charge < -0.3 is 4.74 Å². The van der Waals surface area contributed by atoms with Gasteiger partial charge in [0.15, 0.2) is 0 Å². The molecule has 1 heteroatoms. The lowest BCUT2D eigenvalue weighted by Gasteiger charge is -2.36. The topological polar surface area (TPSA) is 9.23 Å². The molecule has 2 aliphatic rings. The van der Waals surface area contributed by atoms with Gasteiger partial charge in [-0.3, -0.25) is 0 Å². The van der Waals surface area contributed by atoms with E-state index in [9.17, 15) is 0 Å². The summed E-state index contributed by atoms with van der Waals surface area (Å²) in [5.41, 5.74) is 0.425. The molecule has 3 atom stereocenters. The van der Waals surface area contributed by atoms with Crippen molar-refractivity contribution >= 4 is 0 Å². The first-order valence-corrected chi connectivity index (χ1v) is 5.48. The van der Waals surface area contributed by atoms with Crippen LogP contribution in [0.3, 0.4) is 0 Å². The van der Waals surface area contributed by atoms with Crippen molar-refractivity contribution in [3.8, 4) is 0 Å². The molecule has 0 amide bonds. The van der Waals surface area contributed by atoms with E-state index in [0.29, 0.717) is 5.41 Å². The number of hydrogen-bond acceptors (Lipinski definition) is 1. The van der Waals surface area contributed by atoms with Gasteiger partial charge in [0.25, 0.3) is 0 Å². The molecule has 13 heavy (non-hydrogen) atoms. The Bertz CT molecular complexity index is 209. The molecule has 0 saturated carbocycles. The minimum Gasteiger partial charge on any atom is -0.381 e. The van der Waals surface area contributed by atoms with Gasteiger partial charge in [-0.15, -0.1) is 0 Å². The molecule has 0 unspecified atom stereocenters. The van der Waals surface area contributed by atoms with Gasteiger partial charge in [0.2, 0.25) is 0 Å². The second kappa shape index (κ2) is 3.45. The first-order chi connectivity index (χ1) is 6.22. The molecule has 74 valence electrons. The maximum atomic E-state index is 5.55. The lowest BCUT2D eigenvalue weighted by Crippen LogP contribution is -2.31. The summed E-state index contributed by atoms with van der Waals surface area (Å²) in [5.74, 6) is 1.50. The Morgan fingerprint density at radius 2 is 2.23 bits per heavy atom. The average molecular weight is 180 g/mol. The van der Waals surface area contributed by atoms with Crippen LogP contribution in [0.25, 0.3) is 0 Å². The third kappa shape index (κ3) is 1.67. The summed E-state index contributed by atoms with van der Waals surface area (Å²) >= 11 is 0. The number of hydrogen-bond donors (Lipinski definition) is 0. The molecule has 0 spiro atoms. The summed E-state index contributed by atoms with van der Waals surface area (Å²) in [6, 6.07) is 0. The van der Waals surface area contributed by atoms with E-state index in [4.69, 9.17) is 4.74 Å². The fourth-order valence-electron chi connectivity index (χ4n) is 2.85. The van der Waals surface area contributed by atoms with Gasteiger partial charge in [-0.05, 0) is 36.5 Å². The van der Waals surface area contributed by atoms with Crippen molar-refractivity contribution in [2.24, 2.45) is 17.3 Å². The predicted octanol–water partition coefficient (Wildman–Crippen LogP) is 3.02. The van der Waals surface area contributed by atoms with Crippen LogP contribution >= 0.6 is 0 Å². The van der Waals surface area contributed by atoms with E-state index in [1.54, 1.807) is 0 Å². The van der Waals surface area contributed by atoms with E-state index in [0.717, 1.165) is 25.0 Å². The molecule has 1 nitrogen and oxygen atoms in total. The van der Waals surface area contributed by atoms with Gasteiger partial charge in [-0.1, -0.05) is 26.0 Å². The van der Waals surface area contributed by atoms with Crippen LogP contribution in [0, 0.1) is 17.3 Å². The highest BCUT2D eigenvalue weighted by atomic mass is 16.5. The van der Waals surface area contributed by atoms with E-state index in [1.807, 2.05) is 0 Å². The second-order valence-electron chi connectivity index (χ2n) is 4.92. The Kier molecular flexibility index (Phi) is 2.46. The van der Waals surface area contributed by atoms with Crippen molar-refractivity contribution in [2.45, 2.75) is 33.1 Å². The van der Waals surface area contributed by atoms with Crippen LogP contribution < -0.4 is 0 Å². The molecule has 1 saturated heterocycles. The molecule has 0 radical (unpaired) electrons. The van der Waals surface area contributed by atoms with Crippen molar-refractivity contribution in [3.63, 3.8) is 0 Å². The largest absolute Gasteiger partial charge is 0.381 e. The van der Waals surface area contributed by atoms with E-state index in [2.05, 4.69) is 26.0 Å². The smallest absolute Gasteiger partial charge is 0.0506 e. The maximum absolute atomic E-state index is 5.55. The van der Waals surface area contributed by atoms with Crippen molar-refractivity contribution in [1.29, 1.82) is 0 Å². The normalized spacial score (nSPS) is 45.4. The Morgan fingerprint density at radius 1 is 1.38 bits per heavy atom. The molecule has 0 N–H and O–H groups in total. The first kappa shape index (κ1) is 9.26. The second-order valence-corrected chi connectivity index (χ2v) is 4.92. The quantitative estimate of drug-likeness (QED) is 0.564. The molecule has 1 aliphatic heterocycles. The van der Waals surface area contributed by atoms with Crippen LogP contribution in [0.15, 0.2) is 12.2 Å². The molecule has 0 aromatic rings. The monoisotopic (exact) mass is 180 g/mol. The minimum atomic E-state index is 0.425. The summed E-state index contributed by atoms with van der Waals surface area (Å²) in [6.07, 6.45) is 8.77. The maximum Gasteiger partial charge on any atom is 0.0506 e. The Hall–Kier alpha value is -0.300. The van der Waals surface area contributed by atoms with Crippen LogP contribution in [-0.2, 0) is 4.74 Å². The number of rotatable bonds is 1. The Balaban J connectivity index is 2.12. The summed E-state index contributed by atoms with van der Waals surface area (Å²) < 4.78 is 5.55. The zero-order valence-corrected chi connectivity index (χ0v) is 8.75. The predicted molar refractivity (Wildman–Crippen MR) is 54.6 cm³/mol. The van der Waals surface area contributed by atoms with Crippen molar-refractivity contribution in [1.82, 2.24) is 0 Å². The molecule has 0 aromatic heterocycles. The van der Waals surface area contributed by atoms with Gasteiger partial charge >= 0.3 is 0 Å². The third-order valence-electron chi connectivity index (χ3n) is 3.80. The lowest BCUT2D eigenvalue weighted by atomic mass is 9.68. The van der Waals surface area contributed by atoms with Crippen LogP contribution in [-0.4, -0.2) is 13.2 Å². The Morgan fingerprint density at radius 3 is 2.77 bits per heavy atom. The average Bonchev–Trinajstić information content (AvgIpc) is 2.53. The fraction of sp³-hybridized carbons (Fsp3) is 0.833. The molecule has 0 bridgehead atoms. The van der Waals surface area contributed by atoms with Crippen LogP contribution in [0.5, 0.6) is 0 Å². The lowest BCUT2D eigenvalue weighted by molar-refractivity contribution is 0.146. The van der Waals surface area contributed by atoms with Crippen LogP contribution in [0.1, 0.15) is 33.1 Å². The van der Waals surface area contributed by atoms with Gasteiger partial charge in [0, 0.05) is 6.61 Å². The summed E-state index contributed by atoms with van der Waals surface area (Å²) in [6.45, 7) is 6.67. The molecular weight excluding hydrogens is 160 g/mol. The van der Waals surface area contributed by atoms with E-state index in [-0.39, 0.29) is 0 Å². The molecule has 1 heterocycles. The van der Waals surface area contributed by atoms with Crippen LogP contribution in [0.2, 0.25) is 0 Å². The van der Waals surface area contributed by atoms with Crippen molar-refractivity contribution in [3.05, 3.63) is 12.2 Å². The molecule has 2 rings (SSSR count). The van der Waals surface area contributed by atoms with Gasteiger partial charge in [0.1, 0.15) is 0 Å². The SMILES string of the molecule is C[C@H]1COC[C@@H]1[C@]1(C)C=CCCC1. The Labute approximate surface area is 81.2 Å². The van der Waals surface area contributed by atoms with E-state index >= 15 is 0 Å². The zero-order chi connectivity index (χ0) is 9.31. The standard InChI is InChI=1S/C12H20O/c1-10-8-13-9-11(10)12(2)6-4-3-5-7-12/h4,6,10-11H,3,5,7-9H2,1-2H3/t10-,11-,12+/m0/s1. The molecule has 1 fully saturated rings. The molecule has 0 aromatic carbocycles. The first-order valence-electron chi connectivity index (χ1n) is 5.48. The van der Waals surface area contributed by atoms with Gasteiger partial charge in [0.05, 0.1) is 6.61 Å². The summed E-state index contributed by atoms with van der Waals surface area (Å²) in [5, 5.41) is 0. The van der Waals surface area contributed by atoms with Crippen molar-refractivity contribution < 1.29 is 4.74 Å². The third-order valence-corrected chi connectivity index (χ3v) is 3.80. The highest BCUT2D eigenvalue weighted by Gasteiger charge is 2.39. The molecular formula is C12H20O. The highest BCUT2D eigenvalue weighted by Crippen LogP contribution is 2.43. The number of allylic oxidation sites excluding steroid dienone is 2. The number of ether oxygens (including phenoxy) is 1. The van der Waals surface area contributed by atoms with Gasteiger partial charge in [-0.2, -0.15) is 0 Å². The minimum absolute atomic E-state index is 0.425. The fourth-order valence-corrected chi connectivity index (χ4v) is 2.85. The highest BCUT2D eigenvalue weighted by molar-refractivity contribution is 5.06. The molecule has 1 aliphatic carbocycles. The van der Waals surface area contributed by atoms with E-state index in [1.165, 1.54) is 19.3 Å². The van der Waals surface area contributed by atoms with Crippen LogP contribution in [0.4, 0.5) is 0 Å². The van der Waals surface area contributed by atoms with Gasteiger partial charge in [-0.25, -0.2) is 0 Å². The van der Waals surface area contributed by atoms with E-state index < -0.39 is 0 Å². The summed E-state index contributed by atoms with van der Waals surface area (Å²) in [7, 11) is 0. The van der Waals surface area contributed by atoms with Crippen molar-refractivity contribution in [2.75, 3.05) is 13.2 Å². The summed E-state index contributed by atoms with van der Waals surface area (Å²) in [4.78, 5) is 0.